The lowest BCUT2D eigenvalue weighted by atomic mass is 9.68. The van der Waals surface area contributed by atoms with E-state index >= 15 is 0 Å². The van der Waals surface area contributed by atoms with Crippen molar-refractivity contribution >= 4 is 36.6 Å². The summed E-state index contributed by atoms with van der Waals surface area (Å²) < 4.78 is 7.44. The third-order valence-corrected chi connectivity index (χ3v) is 18.0. The summed E-state index contributed by atoms with van der Waals surface area (Å²) in [6, 6.07) is 38.1. The summed E-state index contributed by atoms with van der Waals surface area (Å²) in [5, 5.41) is 35.9. The maximum atomic E-state index is 14.6. The number of aliphatic hydroxyl groups excluding tert-OH is 2. The van der Waals surface area contributed by atoms with Crippen LogP contribution in [0.15, 0.2) is 132 Å². The number of allylic oxidation sites excluding steroid dienone is 1. The second-order valence-electron chi connectivity index (χ2n) is 17.8. The molecule has 2 amide bonds. The zero-order chi connectivity index (χ0) is 41.7. The normalized spacial score (nSPS) is 21.6. The van der Waals surface area contributed by atoms with Gasteiger partial charge in [-0.2, -0.15) is 0 Å². The third-order valence-electron chi connectivity index (χ3n) is 13.0. The topological polar surface area (TPSA) is 111 Å². The van der Waals surface area contributed by atoms with Gasteiger partial charge >= 0.3 is 0 Å². The molecule has 4 aromatic carbocycles. The van der Waals surface area contributed by atoms with Gasteiger partial charge in [-0.3, -0.25) is 19.4 Å². The van der Waals surface area contributed by atoms with Crippen LogP contribution >= 0.6 is 0 Å². The van der Waals surface area contributed by atoms with E-state index in [9.17, 15) is 24.9 Å². The van der Waals surface area contributed by atoms with E-state index < -0.39 is 32.2 Å². The number of piperidine rings is 1. The van der Waals surface area contributed by atoms with Crippen LogP contribution in [0.2, 0.25) is 5.04 Å². The Morgan fingerprint density at radius 2 is 1.42 bits per heavy atom. The largest absolute Gasteiger partial charge is 0.507 e. The summed E-state index contributed by atoms with van der Waals surface area (Å²) >= 11 is 0. The first-order valence-corrected chi connectivity index (χ1v) is 23.2. The maximum Gasteiger partial charge on any atom is 0.261 e. The highest BCUT2D eigenvalue weighted by molar-refractivity contribution is 6.99. The average molecular weight is 813 g/mol. The van der Waals surface area contributed by atoms with Crippen LogP contribution < -0.4 is 10.4 Å². The lowest BCUT2D eigenvalue weighted by Crippen LogP contribution is -2.66. The number of phenols is 1. The van der Waals surface area contributed by atoms with E-state index in [1.807, 2.05) is 79.7 Å². The molecule has 0 saturated carbocycles. The lowest BCUT2D eigenvalue weighted by Gasteiger charge is -2.44. The predicted octanol–water partition coefficient (Wildman–Crippen LogP) is 7.09. The lowest BCUT2D eigenvalue weighted by molar-refractivity contribution is -0.144. The minimum Gasteiger partial charge on any atom is -0.507 e. The van der Waals surface area contributed by atoms with Crippen LogP contribution in [0.3, 0.4) is 0 Å². The van der Waals surface area contributed by atoms with E-state index in [4.69, 9.17) is 4.43 Å². The molecule has 1 aliphatic carbocycles. The molecule has 8 nitrogen and oxygen atoms in total. The molecule has 2 aliphatic heterocycles. The molecular weight excluding hydrogens is 753 g/mol. The smallest absolute Gasteiger partial charge is 0.261 e. The molecule has 2 saturated heterocycles. The number of para-hydroxylation sites is 1. The molecule has 4 aromatic rings. The Kier molecular flexibility index (Phi) is 13.2. The second-order valence-corrected chi connectivity index (χ2v) is 22.1. The summed E-state index contributed by atoms with van der Waals surface area (Å²) in [5.74, 6) is -2.34. The van der Waals surface area contributed by atoms with Crippen LogP contribution in [0.1, 0.15) is 70.9 Å². The Morgan fingerprint density at radius 1 is 0.847 bits per heavy atom. The van der Waals surface area contributed by atoms with Gasteiger partial charge in [-0.15, -0.1) is 0 Å². The molecule has 59 heavy (non-hydrogen) atoms. The SMILES string of the molecule is C/C(=C\c1ccccc1O)CC[C@@H](O)C1=C(CO[Si](c2ccccc2)(c2ccccc2)C(C)(C)C)C[C@H]2C(=O)N(C3CCN(Cc4ccccc4)CC3)C(=O)[C@H]2[C@H]1CO. The fourth-order valence-corrected chi connectivity index (χ4v) is 14.6. The van der Waals surface area contributed by atoms with E-state index in [0.29, 0.717) is 36.8 Å². The fourth-order valence-electron chi connectivity index (χ4n) is 10.1. The molecule has 7 rings (SSSR count). The molecule has 3 N–H and O–H groups in total. The highest BCUT2D eigenvalue weighted by atomic mass is 28.4. The molecule has 3 aliphatic rings. The van der Waals surface area contributed by atoms with Crippen molar-refractivity contribution in [3.63, 3.8) is 0 Å². The highest BCUT2D eigenvalue weighted by Gasteiger charge is 2.57. The Balaban J connectivity index is 1.21. The van der Waals surface area contributed by atoms with Crippen LogP contribution in [-0.2, 0) is 20.6 Å². The number of carbonyl (C=O) groups excluding carboxylic acids is 2. The van der Waals surface area contributed by atoms with E-state index in [2.05, 4.69) is 62.1 Å². The molecular formula is C50H60N2O6Si. The highest BCUT2D eigenvalue weighted by Crippen LogP contribution is 2.48. The number of hydrogen-bond acceptors (Lipinski definition) is 7. The first kappa shape index (κ1) is 42.5. The first-order valence-electron chi connectivity index (χ1n) is 21.3. The molecule has 0 aromatic heterocycles. The number of benzene rings is 4. The first-order chi connectivity index (χ1) is 28.4. The van der Waals surface area contributed by atoms with Crippen LogP contribution in [-0.4, -0.2) is 83.7 Å². The van der Waals surface area contributed by atoms with Gasteiger partial charge < -0.3 is 19.7 Å². The number of aliphatic hydroxyl groups is 2. The number of rotatable bonds is 14. The number of imide groups is 1. The van der Waals surface area contributed by atoms with Crippen molar-refractivity contribution in [1.29, 1.82) is 0 Å². The zero-order valence-electron chi connectivity index (χ0n) is 35.0. The fraction of sp³-hybridized carbons (Fsp3) is 0.400. The maximum absolute atomic E-state index is 14.6. The van der Waals surface area contributed by atoms with Crippen molar-refractivity contribution in [2.24, 2.45) is 17.8 Å². The molecule has 0 radical (unpaired) electrons. The number of nitrogens with zero attached hydrogens (tertiary/aromatic N) is 2. The van der Waals surface area contributed by atoms with Crippen LogP contribution in [0.5, 0.6) is 5.75 Å². The molecule has 0 bridgehead atoms. The molecule has 2 heterocycles. The molecule has 0 unspecified atom stereocenters. The van der Waals surface area contributed by atoms with Gasteiger partial charge in [-0.05, 0) is 77.2 Å². The van der Waals surface area contributed by atoms with Gasteiger partial charge in [0.1, 0.15) is 5.75 Å². The van der Waals surface area contributed by atoms with Crippen molar-refractivity contribution in [1.82, 2.24) is 9.80 Å². The number of carbonyl (C=O) groups is 2. The van der Waals surface area contributed by atoms with Crippen LogP contribution in [0.25, 0.3) is 6.08 Å². The van der Waals surface area contributed by atoms with Gasteiger partial charge in [0, 0.05) is 37.2 Å². The molecule has 0 spiro atoms. The van der Waals surface area contributed by atoms with Gasteiger partial charge in [-0.25, -0.2) is 0 Å². The van der Waals surface area contributed by atoms with Crippen LogP contribution in [0, 0.1) is 17.8 Å². The van der Waals surface area contributed by atoms with Crippen molar-refractivity contribution < 1.29 is 29.3 Å². The Labute approximate surface area is 351 Å². The minimum atomic E-state index is -3.03. The van der Waals surface area contributed by atoms with Gasteiger partial charge in [-0.1, -0.05) is 142 Å². The standard InChI is InChI=1S/C50H60N2O6Si/c1-35(30-37-18-14-15-23-44(37)54)24-25-45(55)46-38(34-58-59(50(2,3)4,40-19-10-6-11-20-40)41-21-12-7-13-22-41)31-42-47(43(46)33-53)49(57)52(48(42)56)39-26-28-51(29-27-39)32-36-16-8-5-9-17-36/h5-23,30,39,42-43,45,47,53-55H,24-29,31-34H2,1-4H3/b35-30+/t42-,43+,45-,47-/m1/s1. The van der Waals surface area contributed by atoms with Crippen molar-refractivity contribution in [2.45, 2.75) is 83.5 Å². The summed E-state index contributed by atoms with van der Waals surface area (Å²) in [7, 11) is -3.03. The van der Waals surface area contributed by atoms with Gasteiger partial charge in [0.2, 0.25) is 11.8 Å². The van der Waals surface area contributed by atoms with Crippen molar-refractivity contribution in [2.75, 3.05) is 26.3 Å². The Morgan fingerprint density at radius 3 is 2.00 bits per heavy atom. The number of hydrogen-bond donors (Lipinski definition) is 3. The second kappa shape index (κ2) is 18.3. The van der Waals surface area contributed by atoms with Gasteiger partial charge in [0.25, 0.3) is 8.32 Å². The summed E-state index contributed by atoms with van der Waals surface area (Å²) in [6.45, 7) is 10.8. The monoisotopic (exact) mass is 812 g/mol. The van der Waals surface area contributed by atoms with E-state index in [1.165, 1.54) is 10.5 Å². The number of phenolic OH excluding ortho intramolecular Hbond substituents is 1. The van der Waals surface area contributed by atoms with Crippen molar-refractivity contribution in [3.8, 4) is 5.75 Å². The van der Waals surface area contributed by atoms with E-state index in [-0.39, 0.29) is 48.3 Å². The molecule has 310 valence electrons. The summed E-state index contributed by atoms with van der Waals surface area (Å²) in [5.41, 5.74) is 4.34. The predicted molar refractivity (Wildman–Crippen MR) is 236 cm³/mol. The number of likely N-dealkylation sites (tertiary alicyclic amines) is 2. The van der Waals surface area contributed by atoms with Crippen molar-refractivity contribution in [3.05, 3.63) is 143 Å². The minimum absolute atomic E-state index is 0.158. The molecule has 9 heteroatoms. The van der Waals surface area contributed by atoms with E-state index in [0.717, 1.165) is 41.2 Å². The molecule has 4 atom stereocenters. The van der Waals surface area contributed by atoms with Gasteiger partial charge in [0.15, 0.2) is 0 Å². The Bertz CT molecular complexity index is 2090. The zero-order valence-corrected chi connectivity index (χ0v) is 36.0. The summed E-state index contributed by atoms with van der Waals surface area (Å²) in [4.78, 5) is 33.1. The summed E-state index contributed by atoms with van der Waals surface area (Å²) in [6.07, 6.45) is 3.48. The quantitative estimate of drug-likeness (QED) is 0.0709. The number of aromatic hydroxyl groups is 1. The average Bonchev–Trinajstić information content (AvgIpc) is 3.49. The Hall–Kier alpha value is -4.64. The third kappa shape index (κ3) is 8.81. The van der Waals surface area contributed by atoms with E-state index in [1.54, 1.807) is 12.1 Å². The number of fused-ring (bicyclic) bond motifs is 1. The number of amides is 2. The molecule has 2 fully saturated rings. The van der Waals surface area contributed by atoms with Gasteiger partial charge in [0.05, 0.1) is 31.2 Å². The van der Waals surface area contributed by atoms with Crippen LogP contribution in [0.4, 0.5) is 0 Å².